The standard InChI is InChI=1S/C16H15N3O2S2/c1-23(20,21)14-6-4-12(5-7-14)16-17-9-8-15(19-16)18-11-13-3-2-10-22-13/h2-10H,11H2,1H3,(H,17,18,19). The first kappa shape index (κ1) is 15.6. The predicted molar refractivity (Wildman–Crippen MR) is 92.2 cm³/mol. The predicted octanol–water partition coefficient (Wildman–Crippen LogP) is 3.22. The minimum atomic E-state index is -3.20. The molecule has 1 aromatic carbocycles. The lowest BCUT2D eigenvalue weighted by Crippen LogP contribution is -2.01. The Balaban J connectivity index is 1.79. The molecule has 0 aliphatic rings. The lowest BCUT2D eigenvalue weighted by molar-refractivity contribution is 0.602. The van der Waals surface area contributed by atoms with Gasteiger partial charge in [0.1, 0.15) is 5.82 Å². The van der Waals surface area contributed by atoms with E-state index in [2.05, 4.69) is 21.4 Å². The van der Waals surface area contributed by atoms with Crippen LogP contribution in [0.25, 0.3) is 11.4 Å². The third-order valence-electron chi connectivity index (χ3n) is 3.22. The summed E-state index contributed by atoms with van der Waals surface area (Å²) in [6, 6.07) is 12.4. The normalized spacial score (nSPS) is 11.3. The molecule has 0 spiro atoms. The van der Waals surface area contributed by atoms with Crippen LogP contribution < -0.4 is 5.32 Å². The van der Waals surface area contributed by atoms with E-state index >= 15 is 0 Å². The molecule has 0 aliphatic heterocycles. The largest absolute Gasteiger partial charge is 0.365 e. The zero-order valence-electron chi connectivity index (χ0n) is 12.4. The van der Waals surface area contributed by atoms with Crippen LogP contribution >= 0.6 is 11.3 Å². The highest BCUT2D eigenvalue weighted by Gasteiger charge is 2.08. The van der Waals surface area contributed by atoms with Gasteiger partial charge in [-0.1, -0.05) is 6.07 Å². The number of anilines is 1. The fourth-order valence-electron chi connectivity index (χ4n) is 2.04. The van der Waals surface area contributed by atoms with Crippen molar-refractivity contribution in [2.24, 2.45) is 0 Å². The summed E-state index contributed by atoms with van der Waals surface area (Å²) in [7, 11) is -3.20. The fraction of sp³-hybridized carbons (Fsp3) is 0.125. The van der Waals surface area contributed by atoms with Crippen LogP contribution in [-0.2, 0) is 16.4 Å². The van der Waals surface area contributed by atoms with Crippen molar-refractivity contribution < 1.29 is 8.42 Å². The molecular formula is C16H15N3O2S2. The van der Waals surface area contributed by atoms with Crippen molar-refractivity contribution in [1.82, 2.24) is 9.97 Å². The Bertz CT molecular complexity index is 889. The first-order valence-electron chi connectivity index (χ1n) is 6.92. The minimum Gasteiger partial charge on any atom is -0.365 e. The topological polar surface area (TPSA) is 72.0 Å². The molecule has 0 aliphatic carbocycles. The molecule has 2 heterocycles. The summed E-state index contributed by atoms with van der Waals surface area (Å²) in [4.78, 5) is 10.2. The molecular weight excluding hydrogens is 330 g/mol. The molecule has 3 aromatic rings. The molecule has 0 amide bonds. The summed E-state index contributed by atoms with van der Waals surface area (Å²) >= 11 is 1.68. The molecule has 2 aromatic heterocycles. The van der Waals surface area contributed by atoms with Gasteiger partial charge in [0.05, 0.1) is 11.4 Å². The average Bonchev–Trinajstić information content (AvgIpc) is 3.06. The molecule has 5 nitrogen and oxygen atoms in total. The number of sulfone groups is 1. The van der Waals surface area contributed by atoms with Crippen LogP contribution in [0.4, 0.5) is 5.82 Å². The van der Waals surface area contributed by atoms with E-state index in [1.54, 1.807) is 41.8 Å². The van der Waals surface area contributed by atoms with Crippen molar-refractivity contribution in [1.29, 1.82) is 0 Å². The lowest BCUT2D eigenvalue weighted by Gasteiger charge is -2.06. The number of thiophene rings is 1. The Hall–Kier alpha value is -2.25. The van der Waals surface area contributed by atoms with Crippen LogP contribution in [0.3, 0.4) is 0 Å². The number of aromatic nitrogens is 2. The van der Waals surface area contributed by atoms with Gasteiger partial charge in [-0.3, -0.25) is 0 Å². The van der Waals surface area contributed by atoms with E-state index in [0.29, 0.717) is 12.4 Å². The van der Waals surface area contributed by atoms with E-state index in [-0.39, 0.29) is 4.90 Å². The van der Waals surface area contributed by atoms with Crippen molar-refractivity contribution >= 4 is 27.0 Å². The third kappa shape index (κ3) is 3.94. The zero-order valence-corrected chi connectivity index (χ0v) is 14.1. The van der Waals surface area contributed by atoms with Crippen LogP contribution in [0.15, 0.2) is 58.9 Å². The zero-order chi connectivity index (χ0) is 16.3. The van der Waals surface area contributed by atoms with Crippen LogP contribution in [0.2, 0.25) is 0 Å². The summed E-state index contributed by atoms with van der Waals surface area (Å²) in [6.07, 6.45) is 2.87. The highest BCUT2D eigenvalue weighted by molar-refractivity contribution is 7.90. The molecule has 0 fully saturated rings. The third-order valence-corrected chi connectivity index (χ3v) is 5.22. The summed E-state index contributed by atoms with van der Waals surface area (Å²) in [5, 5.41) is 5.29. The maximum absolute atomic E-state index is 11.5. The van der Waals surface area contributed by atoms with Gasteiger partial charge in [0.15, 0.2) is 15.7 Å². The van der Waals surface area contributed by atoms with Crippen molar-refractivity contribution in [3.63, 3.8) is 0 Å². The summed E-state index contributed by atoms with van der Waals surface area (Å²) in [5.41, 5.74) is 0.775. The van der Waals surface area contributed by atoms with Gasteiger partial charge in [0, 0.05) is 22.9 Å². The quantitative estimate of drug-likeness (QED) is 0.769. The van der Waals surface area contributed by atoms with Crippen LogP contribution in [-0.4, -0.2) is 24.6 Å². The van der Waals surface area contributed by atoms with Gasteiger partial charge in [-0.15, -0.1) is 11.3 Å². The number of hydrogen-bond donors (Lipinski definition) is 1. The molecule has 0 radical (unpaired) electrons. The molecule has 0 unspecified atom stereocenters. The summed E-state index contributed by atoms with van der Waals surface area (Å²) < 4.78 is 23.0. The van der Waals surface area contributed by atoms with Crippen molar-refractivity contribution in [2.45, 2.75) is 11.4 Å². The molecule has 7 heteroatoms. The average molecular weight is 345 g/mol. The Morgan fingerprint density at radius 1 is 1.13 bits per heavy atom. The van der Waals surface area contributed by atoms with Crippen LogP contribution in [0.5, 0.6) is 0 Å². The first-order valence-corrected chi connectivity index (χ1v) is 9.69. The Morgan fingerprint density at radius 2 is 1.91 bits per heavy atom. The second-order valence-corrected chi connectivity index (χ2v) is 8.04. The number of benzene rings is 1. The van der Waals surface area contributed by atoms with Gasteiger partial charge in [-0.05, 0) is 41.8 Å². The molecule has 0 saturated heterocycles. The van der Waals surface area contributed by atoms with E-state index in [1.807, 2.05) is 17.5 Å². The number of nitrogens with one attached hydrogen (secondary N) is 1. The maximum atomic E-state index is 11.5. The molecule has 3 rings (SSSR count). The van der Waals surface area contributed by atoms with Gasteiger partial charge in [0.25, 0.3) is 0 Å². The molecule has 0 saturated carbocycles. The number of rotatable bonds is 5. The molecule has 1 N–H and O–H groups in total. The highest BCUT2D eigenvalue weighted by Crippen LogP contribution is 2.19. The highest BCUT2D eigenvalue weighted by atomic mass is 32.2. The summed E-state index contributed by atoms with van der Waals surface area (Å²) in [6.45, 7) is 0.709. The Morgan fingerprint density at radius 3 is 2.57 bits per heavy atom. The van der Waals surface area contributed by atoms with E-state index in [1.165, 1.54) is 11.1 Å². The van der Waals surface area contributed by atoms with Crippen molar-refractivity contribution in [3.05, 3.63) is 58.9 Å². The Labute approximate surface area is 139 Å². The maximum Gasteiger partial charge on any atom is 0.175 e. The second kappa shape index (κ2) is 6.47. The van der Waals surface area contributed by atoms with Gasteiger partial charge in [0.2, 0.25) is 0 Å². The van der Waals surface area contributed by atoms with E-state index in [0.717, 1.165) is 11.4 Å². The van der Waals surface area contributed by atoms with E-state index in [4.69, 9.17) is 0 Å². The molecule has 23 heavy (non-hydrogen) atoms. The number of nitrogens with zero attached hydrogens (tertiary/aromatic N) is 2. The van der Waals surface area contributed by atoms with E-state index < -0.39 is 9.84 Å². The first-order chi connectivity index (χ1) is 11.0. The molecule has 0 bridgehead atoms. The monoisotopic (exact) mass is 345 g/mol. The van der Waals surface area contributed by atoms with Crippen molar-refractivity contribution in [2.75, 3.05) is 11.6 Å². The molecule has 118 valence electrons. The van der Waals surface area contributed by atoms with Crippen LogP contribution in [0, 0.1) is 0 Å². The van der Waals surface area contributed by atoms with Gasteiger partial charge in [-0.2, -0.15) is 0 Å². The molecule has 0 atom stereocenters. The smallest absolute Gasteiger partial charge is 0.175 e. The van der Waals surface area contributed by atoms with Gasteiger partial charge < -0.3 is 5.32 Å². The fourth-order valence-corrected chi connectivity index (χ4v) is 3.31. The summed E-state index contributed by atoms with van der Waals surface area (Å²) in [5.74, 6) is 1.29. The van der Waals surface area contributed by atoms with Gasteiger partial charge >= 0.3 is 0 Å². The van der Waals surface area contributed by atoms with Crippen molar-refractivity contribution in [3.8, 4) is 11.4 Å². The lowest BCUT2D eigenvalue weighted by atomic mass is 10.2. The van der Waals surface area contributed by atoms with E-state index in [9.17, 15) is 8.42 Å². The number of hydrogen-bond acceptors (Lipinski definition) is 6. The SMILES string of the molecule is CS(=O)(=O)c1ccc(-c2nccc(NCc3cccs3)n2)cc1. The van der Waals surface area contributed by atoms with Crippen LogP contribution in [0.1, 0.15) is 4.88 Å². The Kier molecular flexibility index (Phi) is 4.40. The van der Waals surface area contributed by atoms with Gasteiger partial charge in [-0.25, -0.2) is 18.4 Å². The second-order valence-electron chi connectivity index (χ2n) is 4.99. The minimum absolute atomic E-state index is 0.285.